The predicted octanol–water partition coefficient (Wildman–Crippen LogP) is 4.31. The number of hydrogen-bond donors (Lipinski definition) is 6. The Morgan fingerprint density at radius 3 is 2.36 bits per heavy atom. The third-order valence-electron chi connectivity index (χ3n) is 19.5. The number of likely N-dealkylation sites (N-methyl/N-ethyl adjacent to an activating group) is 1. The molecule has 3 aromatic rings. The highest BCUT2D eigenvalue weighted by molar-refractivity contribution is 5.95. The number of aliphatic hydroxyl groups is 3. The Hall–Kier alpha value is -4.31. The van der Waals surface area contributed by atoms with Crippen LogP contribution in [0.25, 0.3) is 10.9 Å². The van der Waals surface area contributed by atoms with Gasteiger partial charge in [0.2, 0.25) is 0 Å². The number of hydrogen-bond acceptors (Lipinski definition) is 12. The van der Waals surface area contributed by atoms with Crippen LogP contribution in [-0.2, 0) is 36.4 Å². The maximum Gasteiger partial charge on any atom is 0.322 e. The van der Waals surface area contributed by atoms with Crippen LogP contribution in [-0.4, -0.2) is 151 Å². The number of esters is 1. The number of amides is 1. The van der Waals surface area contributed by atoms with Gasteiger partial charge in [0.1, 0.15) is 23.1 Å². The van der Waals surface area contributed by atoms with Crippen molar-refractivity contribution in [2.45, 2.75) is 125 Å². The molecule has 2 aromatic carbocycles. The quantitative estimate of drug-likeness (QED) is 0.119. The summed E-state index contributed by atoms with van der Waals surface area (Å²) in [5, 5.41) is 46.4. The van der Waals surface area contributed by atoms with Gasteiger partial charge in [-0.15, -0.1) is 0 Å². The number of aliphatic hydroxyl groups excluding tert-OH is 1. The smallest absolute Gasteiger partial charge is 0.322 e. The molecular formula is C55H73N6O8. The molecular weight excluding hydrogens is 873 g/mol. The minimum atomic E-state index is -2.25. The number of carbonyl (C=O) groups excluding carboxylic acids is 3. The largest absolute Gasteiger partial charge is 0.496 e. The Bertz CT molecular complexity index is 2580. The number of anilines is 1. The number of ether oxygens (including phenoxy) is 2. The minimum Gasteiger partial charge on any atom is -0.496 e. The maximum atomic E-state index is 15.5. The van der Waals surface area contributed by atoms with Crippen molar-refractivity contribution in [2.75, 3.05) is 78.5 Å². The van der Waals surface area contributed by atoms with Gasteiger partial charge in [-0.05, 0) is 131 Å². The van der Waals surface area contributed by atoms with Gasteiger partial charge in [-0.1, -0.05) is 37.3 Å². The summed E-state index contributed by atoms with van der Waals surface area (Å²) in [4.78, 5) is 53.2. The number of H-pyrrole nitrogens is 1. The van der Waals surface area contributed by atoms with Gasteiger partial charge in [0.25, 0.3) is 5.91 Å². The van der Waals surface area contributed by atoms with Crippen LogP contribution >= 0.6 is 0 Å². The number of benzene rings is 2. The Labute approximate surface area is 406 Å². The van der Waals surface area contributed by atoms with Crippen LogP contribution in [0.1, 0.15) is 101 Å². The van der Waals surface area contributed by atoms with Crippen molar-refractivity contribution >= 4 is 34.3 Å². The van der Waals surface area contributed by atoms with E-state index in [4.69, 9.17) is 9.47 Å². The lowest BCUT2D eigenvalue weighted by Crippen LogP contribution is -2.82. The van der Waals surface area contributed by atoms with E-state index >= 15 is 9.59 Å². The number of aromatic nitrogens is 1. The molecule has 2 saturated heterocycles. The molecule has 1 amide bonds. The van der Waals surface area contributed by atoms with E-state index in [1.54, 1.807) is 14.0 Å². The number of fused-ring (bicyclic) bond motifs is 9. The van der Waals surface area contributed by atoms with E-state index in [0.29, 0.717) is 76.4 Å². The molecule has 1 spiro atoms. The zero-order valence-electron chi connectivity index (χ0n) is 41.5. The zero-order chi connectivity index (χ0) is 48.5. The number of piperidine rings is 1. The summed E-state index contributed by atoms with van der Waals surface area (Å²) in [6.07, 6.45) is 12.6. The lowest BCUT2D eigenvalue weighted by atomic mass is 9.47. The lowest BCUT2D eigenvalue weighted by Gasteiger charge is -2.63. The van der Waals surface area contributed by atoms with Crippen molar-refractivity contribution in [3.63, 3.8) is 0 Å². The second kappa shape index (κ2) is 16.4. The fourth-order valence-electron chi connectivity index (χ4n) is 16.5. The first-order valence-electron chi connectivity index (χ1n) is 25.7. The second-order valence-electron chi connectivity index (χ2n) is 23.2. The number of nitrogens with one attached hydrogen (secondary N) is 3. The van der Waals surface area contributed by atoms with Crippen LogP contribution in [0.5, 0.6) is 5.75 Å². The van der Waals surface area contributed by atoms with E-state index in [1.807, 2.05) is 49.6 Å². The summed E-state index contributed by atoms with van der Waals surface area (Å²) >= 11 is 0. The van der Waals surface area contributed by atoms with Crippen LogP contribution in [0.3, 0.4) is 0 Å². The first-order chi connectivity index (χ1) is 33.0. The predicted molar refractivity (Wildman–Crippen MR) is 263 cm³/mol. The molecule has 371 valence electrons. The third kappa shape index (κ3) is 6.67. The summed E-state index contributed by atoms with van der Waals surface area (Å²) in [7, 11) is 5.00. The van der Waals surface area contributed by atoms with Crippen molar-refractivity contribution in [2.24, 2.45) is 22.2 Å². The number of ketones is 1. The van der Waals surface area contributed by atoms with Crippen molar-refractivity contribution < 1.29 is 39.2 Å². The highest BCUT2D eigenvalue weighted by Crippen LogP contribution is 2.68. The molecule has 4 saturated carbocycles. The van der Waals surface area contributed by atoms with Gasteiger partial charge in [0.05, 0.1) is 32.4 Å². The molecule has 14 nitrogen and oxygen atoms in total. The van der Waals surface area contributed by atoms with Crippen LogP contribution in [0, 0.1) is 28.6 Å². The van der Waals surface area contributed by atoms with Gasteiger partial charge in [0.15, 0.2) is 5.60 Å². The summed E-state index contributed by atoms with van der Waals surface area (Å²) in [6.45, 7) is 10.3. The van der Waals surface area contributed by atoms with Crippen LogP contribution < -0.4 is 20.3 Å². The number of nitrogens with zero attached hydrogens (tertiary/aromatic N) is 3. The topological polar surface area (TPSA) is 180 Å². The Kier molecular flexibility index (Phi) is 11.2. The van der Waals surface area contributed by atoms with Gasteiger partial charge >= 0.3 is 5.97 Å². The molecule has 5 aliphatic heterocycles. The molecule has 9 aliphatic rings. The number of carbonyl (C=O) groups is 3. The van der Waals surface area contributed by atoms with E-state index in [2.05, 4.69) is 56.6 Å². The minimum absolute atomic E-state index is 0.112. The van der Waals surface area contributed by atoms with E-state index in [1.165, 1.54) is 7.11 Å². The number of aromatic amines is 1. The number of methoxy groups -OCH3 is 2. The highest BCUT2D eigenvalue weighted by atomic mass is 16.5. The van der Waals surface area contributed by atoms with Gasteiger partial charge in [-0.2, -0.15) is 0 Å². The number of para-hydroxylation sites is 1. The zero-order valence-corrected chi connectivity index (χ0v) is 41.5. The van der Waals surface area contributed by atoms with E-state index in [9.17, 15) is 20.1 Å². The van der Waals surface area contributed by atoms with Crippen LogP contribution in [0.15, 0.2) is 48.6 Å². The van der Waals surface area contributed by atoms with Gasteiger partial charge in [-0.3, -0.25) is 24.2 Å². The van der Waals surface area contributed by atoms with Crippen molar-refractivity contribution in [3.8, 4) is 5.75 Å². The van der Waals surface area contributed by atoms with Crippen molar-refractivity contribution in [3.05, 3.63) is 77.4 Å². The Morgan fingerprint density at radius 1 is 0.942 bits per heavy atom. The molecule has 1 aromatic heterocycles. The molecule has 10 atom stereocenters. The normalized spacial score (nSPS) is 39.7. The lowest BCUT2D eigenvalue weighted by molar-refractivity contribution is -0.204. The van der Waals surface area contributed by atoms with E-state index in [0.717, 1.165) is 78.5 Å². The molecule has 4 aliphatic carbocycles. The van der Waals surface area contributed by atoms with Crippen LogP contribution in [0.2, 0.25) is 0 Å². The fourth-order valence-corrected chi connectivity index (χ4v) is 16.5. The Morgan fingerprint density at radius 2 is 1.67 bits per heavy atom. The van der Waals surface area contributed by atoms with E-state index < -0.39 is 51.5 Å². The molecule has 1 radical (unpaired) electrons. The molecule has 5 unspecified atom stereocenters. The first-order valence-corrected chi connectivity index (χ1v) is 25.7. The average molecular weight is 946 g/mol. The monoisotopic (exact) mass is 946 g/mol. The Balaban J connectivity index is 1.05. The number of Topliss-reactive ketones (excluding diaryl/α,β-unsaturated/α-hetero) is 1. The molecule has 6 N–H and O–H groups in total. The number of rotatable bonds is 11. The molecule has 12 rings (SSSR count). The van der Waals surface area contributed by atoms with Gasteiger partial charge in [0, 0.05) is 97.1 Å². The van der Waals surface area contributed by atoms with Gasteiger partial charge in [-0.25, -0.2) is 0 Å². The molecule has 14 heteroatoms. The average Bonchev–Trinajstić information content (AvgIpc) is 4.00. The van der Waals surface area contributed by atoms with Gasteiger partial charge < -0.3 is 45.3 Å². The molecule has 4 bridgehead atoms. The fraction of sp³-hybridized carbons (Fsp3) is 0.636. The van der Waals surface area contributed by atoms with Crippen LogP contribution in [0.4, 0.5) is 5.69 Å². The van der Waals surface area contributed by atoms with Crippen molar-refractivity contribution in [1.29, 1.82) is 0 Å². The third-order valence-corrected chi connectivity index (χ3v) is 19.5. The summed E-state index contributed by atoms with van der Waals surface area (Å²) in [5.74, 6) is -0.609. The van der Waals surface area contributed by atoms with Crippen molar-refractivity contribution in [1.82, 2.24) is 25.4 Å². The highest BCUT2D eigenvalue weighted by Gasteiger charge is 2.79. The standard InChI is InChI=1S/C55H73N6O8/c1-7-52-14-10-22-61-24-21-53(44(52)61)38-25-39(54(48(65)69-6)28-35-27-49(3,66)33-60(30-35)23-13-37-36-11-8-9-12-40(36)58-43(37)54)42(68-5)26-41(38)59(4)45(53)55(67,46(52)63)47(64)57-32-51-18-15-50(16-19-51,17-20-51)31-56-29-34(2)62/h8-12,14,25-27,35,44-46,56,58,63,66-67H,7,13,15-24,28-33H2,1-6H3,(H,57,64)/t35?,44?,45?,46-,49+,50?,51?,52-,53?,54+,55+/m1/s1. The molecule has 69 heavy (non-hydrogen) atoms. The first kappa shape index (κ1) is 47.0. The molecule has 6 heterocycles. The maximum absolute atomic E-state index is 15.5. The SMILES string of the molecule is CC[C@]12C=CCN3CCC4(c5cc([C@@]6(C(=O)OC)CC7[CH][C@](C)(O)CN(CCc8c6[nH]c6ccccc86)C7)c(OC)cc5N(C)C4[C@@](O)(C(=O)NCC45CCC(CNCC(C)=O)(CC4)CC5)[C@@H]1O)C32. The molecule has 6 fully saturated rings. The summed E-state index contributed by atoms with van der Waals surface area (Å²) in [5.41, 5.74) is -1.60. The van der Waals surface area contributed by atoms with E-state index in [-0.39, 0.29) is 35.0 Å². The summed E-state index contributed by atoms with van der Waals surface area (Å²) in [6, 6.07) is 11.1. The summed E-state index contributed by atoms with van der Waals surface area (Å²) < 4.78 is 12.4. The second-order valence-corrected chi connectivity index (χ2v) is 23.2.